The van der Waals surface area contributed by atoms with Crippen LogP contribution in [-0.2, 0) is 22.6 Å². The lowest BCUT2D eigenvalue weighted by molar-refractivity contribution is -0.144. The fourth-order valence-corrected chi connectivity index (χ4v) is 2.35. The lowest BCUT2D eigenvalue weighted by Crippen LogP contribution is -2.51. The molecule has 1 aromatic carbocycles. The summed E-state index contributed by atoms with van der Waals surface area (Å²) in [7, 11) is 0. The zero-order chi connectivity index (χ0) is 13.8. The van der Waals surface area contributed by atoms with Crippen LogP contribution < -0.4 is 5.73 Å². The van der Waals surface area contributed by atoms with Gasteiger partial charge in [-0.05, 0) is 11.1 Å². The van der Waals surface area contributed by atoms with Gasteiger partial charge < -0.3 is 15.7 Å². The van der Waals surface area contributed by atoms with E-state index >= 15 is 0 Å². The lowest BCUT2D eigenvalue weighted by Gasteiger charge is -2.38. The summed E-state index contributed by atoms with van der Waals surface area (Å²) in [6.07, 6.45) is 0.482. The number of rotatable bonds is 5. The summed E-state index contributed by atoms with van der Waals surface area (Å²) >= 11 is 0. The van der Waals surface area contributed by atoms with Crippen LogP contribution in [0.4, 0.5) is 0 Å². The summed E-state index contributed by atoms with van der Waals surface area (Å²) in [5.41, 5.74) is 7.58. The van der Waals surface area contributed by atoms with Gasteiger partial charge in [-0.25, -0.2) is 0 Å². The Hall–Kier alpha value is -1.88. The van der Waals surface area contributed by atoms with Gasteiger partial charge in [0.1, 0.15) is 0 Å². The second-order valence-electron chi connectivity index (χ2n) is 4.91. The molecule has 3 N–H and O–H groups in total. The number of nitrogens with two attached hydrogens (primary N) is 1. The number of hydrogen-bond donors (Lipinski definition) is 2. The molecule has 1 fully saturated rings. The largest absolute Gasteiger partial charge is 0.481 e. The zero-order valence-corrected chi connectivity index (χ0v) is 10.7. The van der Waals surface area contributed by atoms with Gasteiger partial charge in [0.25, 0.3) is 0 Å². The van der Waals surface area contributed by atoms with Crippen LogP contribution in [-0.4, -0.2) is 35.0 Å². The van der Waals surface area contributed by atoms with Gasteiger partial charge >= 0.3 is 5.97 Å². The van der Waals surface area contributed by atoms with Gasteiger partial charge in [-0.15, -0.1) is 0 Å². The quantitative estimate of drug-likeness (QED) is 0.815. The molecule has 1 saturated heterocycles. The molecule has 19 heavy (non-hydrogen) atoms. The van der Waals surface area contributed by atoms with Crippen molar-refractivity contribution in [2.75, 3.05) is 13.1 Å². The SMILES string of the molecule is NCc1ccccc1CC(=O)N1CC(CC(=O)O)C1. The first-order chi connectivity index (χ1) is 9.10. The van der Waals surface area contributed by atoms with E-state index in [9.17, 15) is 9.59 Å². The molecule has 0 bridgehead atoms. The number of aliphatic carboxylic acids is 1. The van der Waals surface area contributed by atoms with E-state index in [2.05, 4.69) is 0 Å². The summed E-state index contributed by atoms with van der Waals surface area (Å²) in [4.78, 5) is 24.3. The second-order valence-corrected chi connectivity index (χ2v) is 4.91. The fourth-order valence-electron chi connectivity index (χ4n) is 2.35. The summed E-state index contributed by atoms with van der Waals surface area (Å²) in [6.45, 7) is 1.52. The number of carbonyl (C=O) groups is 2. The maximum atomic E-state index is 12.0. The van der Waals surface area contributed by atoms with E-state index < -0.39 is 5.97 Å². The number of nitrogens with zero attached hydrogens (tertiary/aromatic N) is 1. The molecule has 0 spiro atoms. The molecule has 0 atom stereocenters. The summed E-state index contributed by atoms with van der Waals surface area (Å²) in [6, 6.07) is 7.63. The van der Waals surface area contributed by atoms with Crippen LogP contribution in [0.3, 0.4) is 0 Å². The van der Waals surface area contributed by atoms with Crippen LogP contribution in [0.1, 0.15) is 17.5 Å². The highest BCUT2D eigenvalue weighted by molar-refractivity contribution is 5.80. The minimum Gasteiger partial charge on any atom is -0.481 e. The Balaban J connectivity index is 1.87. The summed E-state index contributed by atoms with van der Waals surface area (Å²) in [5, 5.41) is 8.66. The number of benzene rings is 1. The van der Waals surface area contributed by atoms with Crippen LogP contribution in [0.15, 0.2) is 24.3 Å². The Morgan fingerprint density at radius 2 is 1.89 bits per heavy atom. The van der Waals surface area contributed by atoms with E-state index in [0.717, 1.165) is 11.1 Å². The Kier molecular flexibility index (Phi) is 4.16. The molecule has 1 amide bonds. The maximum Gasteiger partial charge on any atom is 0.303 e. The highest BCUT2D eigenvalue weighted by Crippen LogP contribution is 2.20. The topological polar surface area (TPSA) is 83.6 Å². The number of carbonyl (C=O) groups excluding carboxylic acids is 1. The average Bonchev–Trinajstić information content (AvgIpc) is 2.33. The van der Waals surface area contributed by atoms with Crippen molar-refractivity contribution in [3.8, 4) is 0 Å². The van der Waals surface area contributed by atoms with E-state index in [1.807, 2.05) is 24.3 Å². The standard InChI is InChI=1S/C14H18N2O3/c15-7-12-4-2-1-3-11(12)6-13(17)16-8-10(9-16)5-14(18)19/h1-4,10H,5-9,15H2,(H,18,19). The monoisotopic (exact) mass is 262 g/mol. The van der Waals surface area contributed by atoms with Gasteiger partial charge in [0, 0.05) is 25.6 Å². The minimum absolute atomic E-state index is 0.0440. The number of hydrogen-bond acceptors (Lipinski definition) is 3. The van der Waals surface area contributed by atoms with Crippen molar-refractivity contribution in [2.24, 2.45) is 11.7 Å². The van der Waals surface area contributed by atoms with Crippen molar-refractivity contribution in [3.05, 3.63) is 35.4 Å². The van der Waals surface area contributed by atoms with Crippen LogP contribution in [0, 0.1) is 5.92 Å². The van der Waals surface area contributed by atoms with Crippen molar-refractivity contribution >= 4 is 11.9 Å². The molecule has 1 aromatic rings. The van der Waals surface area contributed by atoms with Gasteiger partial charge in [0.2, 0.25) is 5.91 Å². The molecule has 1 aliphatic rings. The van der Waals surface area contributed by atoms with Crippen molar-refractivity contribution < 1.29 is 14.7 Å². The van der Waals surface area contributed by atoms with Crippen LogP contribution >= 0.6 is 0 Å². The zero-order valence-electron chi connectivity index (χ0n) is 10.7. The van der Waals surface area contributed by atoms with Crippen molar-refractivity contribution in [3.63, 3.8) is 0 Å². The Morgan fingerprint density at radius 1 is 1.26 bits per heavy atom. The number of carboxylic acid groups (broad SMARTS) is 1. The molecule has 102 valence electrons. The molecule has 5 heteroatoms. The van der Waals surface area contributed by atoms with Gasteiger partial charge in [-0.1, -0.05) is 24.3 Å². The van der Waals surface area contributed by atoms with Crippen LogP contribution in [0.2, 0.25) is 0 Å². The maximum absolute atomic E-state index is 12.0. The molecule has 5 nitrogen and oxygen atoms in total. The smallest absolute Gasteiger partial charge is 0.303 e. The minimum atomic E-state index is -0.800. The molecule has 2 rings (SSSR count). The normalized spacial score (nSPS) is 15.1. The fraction of sp³-hybridized carbons (Fsp3) is 0.429. The molecule has 0 aliphatic carbocycles. The van der Waals surface area contributed by atoms with E-state index in [-0.39, 0.29) is 18.2 Å². The average molecular weight is 262 g/mol. The molecule has 0 aromatic heterocycles. The Morgan fingerprint density at radius 3 is 2.47 bits per heavy atom. The highest BCUT2D eigenvalue weighted by atomic mass is 16.4. The Labute approximate surface area is 112 Å². The number of carboxylic acids is 1. The molecule has 0 unspecified atom stereocenters. The van der Waals surface area contributed by atoms with Crippen LogP contribution in [0.25, 0.3) is 0 Å². The van der Waals surface area contributed by atoms with Gasteiger partial charge in [-0.3, -0.25) is 9.59 Å². The Bertz CT molecular complexity index is 481. The van der Waals surface area contributed by atoms with Crippen LogP contribution in [0.5, 0.6) is 0 Å². The molecular weight excluding hydrogens is 244 g/mol. The molecular formula is C14H18N2O3. The molecule has 1 heterocycles. The second kappa shape index (κ2) is 5.84. The van der Waals surface area contributed by atoms with Crippen molar-refractivity contribution in [1.29, 1.82) is 0 Å². The van der Waals surface area contributed by atoms with E-state index in [1.54, 1.807) is 4.90 Å². The predicted octanol–water partition coefficient (Wildman–Crippen LogP) is 0.621. The van der Waals surface area contributed by atoms with Gasteiger partial charge in [0.15, 0.2) is 0 Å². The predicted molar refractivity (Wildman–Crippen MR) is 70.4 cm³/mol. The van der Waals surface area contributed by atoms with Gasteiger partial charge in [-0.2, -0.15) is 0 Å². The third-order valence-electron chi connectivity index (χ3n) is 3.45. The third kappa shape index (κ3) is 3.32. The highest BCUT2D eigenvalue weighted by Gasteiger charge is 2.31. The van der Waals surface area contributed by atoms with Crippen molar-refractivity contribution in [2.45, 2.75) is 19.4 Å². The molecule has 0 saturated carbocycles. The first-order valence-corrected chi connectivity index (χ1v) is 6.36. The van der Waals surface area contributed by atoms with E-state index in [4.69, 9.17) is 10.8 Å². The molecule has 0 radical (unpaired) electrons. The third-order valence-corrected chi connectivity index (χ3v) is 3.45. The first-order valence-electron chi connectivity index (χ1n) is 6.36. The van der Waals surface area contributed by atoms with E-state index in [1.165, 1.54) is 0 Å². The lowest BCUT2D eigenvalue weighted by atomic mass is 9.95. The summed E-state index contributed by atoms with van der Waals surface area (Å²) in [5.74, 6) is -0.653. The van der Waals surface area contributed by atoms with Crippen molar-refractivity contribution in [1.82, 2.24) is 4.90 Å². The number of likely N-dealkylation sites (tertiary alicyclic amines) is 1. The summed E-state index contributed by atoms with van der Waals surface area (Å²) < 4.78 is 0. The van der Waals surface area contributed by atoms with Gasteiger partial charge in [0.05, 0.1) is 12.8 Å². The first kappa shape index (κ1) is 13.5. The number of amides is 1. The molecule has 1 aliphatic heterocycles. The van der Waals surface area contributed by atoms with E-state index in [0.29, 0.717) is 26.1 Å².